The van der Waals surface area contributed by atoms with Crippen molar-refractivity contribution < 1.29 is 17.2 Å². The molecule has 4 aromatic rings. The fourth-order valence-electron chi connectivity index (χ4n) is 2.73. The van der Waals surface area contributed by atoms with Gasteiger partial charge < -0.3 is 9.73 Å². The zero-order chi connectivity index (χ0) is 21.1. The minimum Gasteiger partial charge on any atom is -0.419 e. The maximum atomic E-state index is 13.3. The molecule has 0 spiro atoms. The number of halogens is 2. The number of rotatable bonds is 6. The van der Waals surface area contributed by atoms with E-state index >= 15 is 0 Å². The highest BCUT2D eigenvalue weighted by Gasteiger charge is 2.28. The predicted octanol–water partition coefficient (Wildman–Crippen LogP) is 4.97. The van der Waals surface area contributed by atoms with E-state index < -0.39 is 15.7 Å². The Labute approximate surface area is 177 Å². The number of oxazole rings is 1. The van der Waals surface area contributed by atoms with E-state index in [1.165, 1.54) is 12.1 Å². The molecule has 0 radical (unpaired) electrons. The maximum Gasteiger partial charge on any atom is 0.234 e. The zero-order valence-corrected chi connectivity index (χ0v) is 17.0. The van der Waals surface area contributed by atoms with Crippen LogP contribution in [0.4, 0.5) is 10.3 Å². The summed E-state index contributed by atoms with van der Waals surface area (Å²) in [5.74, 6) is -0.444. The van der Waals surface area contributed by atoms with Gasteiger partial charge in [-0.25, -0.2) is 12.8 Å². The van der Waals surface area contributed by atoms with Crippen LogP contribution in [0.5, 0.6) is 0 Å². The van der Waals surface area contributed by atoms with Gasteiger partial charge in [-0.3, -0.25) is 4.98 Å². The van der Waals surface area contributed by atoms with Gasteiger partial charge in [0, 0.05) is 29.5 Å². The van der Waals surface area contributed by atoms with Crippen LogP contribution in [0.25, 0.3) is 11.5 Å². The summed E-state index contributed by atoms with van der Waals surface area (Å²) in [6.45, 7) is 0.273. The number of nitrogens with one attached hydrogen (secondary N) is 1. The van der Waals surface area contributed by atoms with Crippen LogP contribution in [0.1, 0.15) is 5.56 Å². The van der Waals surface area contributed by atoms with E-state index in [2.05, 4.69) is 15.3 Å². The first-order valence-electron chi connectivity index (χ1n) is 8.84. The first-order valence-corrected chi connectivity index (χ1v) is 10.7. The number of aromatic nitrogens is 2. The second-order valence-corrected chi connectivity index (χ2v) is 8.63. The number of nitrogens with zero attached hydrogens (tertiary/aromatic N) is 2. The molecular weight excluding hydrogens is 429 g/mol. The van der Waals surface area contributed by atoms with Crippen LogP contribution >= 0.6 is 11.6 Å². The van der Waals surface area contributed by atoms with Crippen LogP contribution in [-0.2, 0) is 16.4 Å². The van der Waals surface area contributed by atoms with Gasteiger partial charge in [-0.2, -0.15) is 4.98 Å². The largest absolute Gasteiger partial charge is 0.419 e. The number of hydrogen-bond donors (Lipinski definition) is 1. The average Bonchev–Trinajstić information content (AvgIpc) is 3.19. The van der Waals surface area contributed by atoms with Gasteiger partial charge in [-0.15, -0.1) is 0 Å². The Hall–Kier alpha value is -3.23. The average molecular weight is 444 g/mol. The van der Waals surface area contributed by atoms with Crippen LogP contribution in [0.3, 0.4) is 0 Å². The molecule has 4 rings (SSSR count). The normalized spacial score (nSPS) is 11.4. The molecule has 0 aliphatic heterocycles. The molecule has 0 bridgehead atoms. The number of benzene rings is 2. The molecule has 0 saturated carbocycles. The number of anilines is 1. The quantitative estimate of drug-likeness (QED) is 0.423. The van der Waals surface area contributed by atoms with Gasteiger partial charge in [0.2, 0.25) is 26.6 Å². The van der Waals surface area contributed by atoms with Gasteiger partial charge in [0.15, 0.2) is 0 Å². The van der Waals surface area contributed by atoms with Gasteiger partial charge in [0.05, 0.1) is 4.90 Å². The molecule has 2 heterocycles. The van der Waals surface area contributed by atoms with E-state index in [4.69, 9.17) is 16.0 Å². The Morgan fingerprint density at radius 2 is 1.77 bits per heavy atom. The molecule has 0 atom stereocenters. The van der Waals surface area contributed by atoms with Crippen molar-refractivity contribution in [1.82, 2.24) is 9.97 Å². The second kappa shape index (κ2) is 8.25. The Morgan fingerprint density at radius 3 is 2.43 bits per heavy atom. The second-order valence-electron chi connectivity index (χ2n) is 6.33. The molecule has 0 fully saturated rings. The van der Waals surface area contributed by atoms with Crippen molar-refractivity contribution in [2.24, 2.45) is 0 Å². The minimum atomic E-state index is -4.06. The first kappa shape index (κ1) is 20.1. The fourth-order valence-corrected chi connectivity index (χ4v) is 4.13. The molecule has 30 heavy (non-hydrogen) atoms. The Bertz CT molecular complexity index is 1260. The fraction of sp³-hybridized carbons (Fsp3) is 0.0476. The summed E-state index contributed by atoms with van der Waals surface area (Å²) in [6, 6.07) is 14.8. The molecule has 2 aromatic heterocycles. The van der Waals surface area contributed by atoms with E-state index in [-0.39, 0.29) is 28.2 Å². The van der Waals surface area contributed by atoms with Crippen molar-refractivity contribution in [2.75, 3.05) is 5.32 Å². The number of hydrogen-bond acceptors (Lipinski definition) is 6. The molecular formula is C21H15ClFN3O3S. The van der Waals surface area contributed by atoms with Crippen molar-refractivity contribution in [3.63, 3.8) is 0 Å². The van der Waals surface area contributed by atoms with E-state index in [1.54, 1.807) is 42.7 Å². The molecule has 0 saturated heterocycles. The van der Waals surface area contributed by atoms with Gasteiger partial charge in [0.1, 0.15) is 5.82 Å². The van der Waals surface area contributed by atoms with Crippen LogP contribution in [0, 0.1) is 5.82 Å². The smallest absolute Gasteiger partial charge is 0.234 e. The van der Waals surface area contributed by atoms with Gasteiger partial charge in [0.25, 0.3) is 0 Å². The number of pyridine rings is 1. The van der Waals surface area contributed by atoms with Crippen LogP contribution in [-0.4, -0.2) is 18.4 Å². The zero-order valence-electron chi connectivity index (χ0n) is 15.4. The van der Waals surface area contributed by atoms with Crippen LogP contribution in [0.15, 0.2) is 87.4 Å². The molecule has 0 unspecified atom stereocenters. The van der Waals surface area contributed by atoms with Crippen molar-refractivity contribution >= 4 is 27.3 Å². The lowest BCUT2D eigenvalue weighted by Gasteiger charge is -2.06. The van der Waals surface area contributed by atoms with Crippen LogP contribution < -0.4 is 5.32 Å². The summed E-state index contributed by atoms with van der Waals surface area (Å²) in [7, 11) is -4.06. The summed E-state index contributed by atoms with van der Waals surface area (Å²) in [4.78, 5) is 8.16. The molecule has 1 N–H and O–H groups in total. The van der Waals surface area contributed by atoms with Gasteiger partial charge >= 0.3 is 0 Å². The highest BCUT2D eigenvalue weighted by molar-refractivity contribution is 7.91. The SMILES string of the molecule is O=S(=O)(c1ccc(F)cc1)c1nc(-c2ccc(Cl)cc2)oc1NCc1cccnc1. The highest BCUT2D eigenvalue weighted by Crippen LogP contribution is 2.33. The van der Waals surface area contributed by atoms with Gasteiger partial charge in [-0.05, 0) is 60.2 Å². The monoisotopic (exact) mass is 443 g/mol. The Kier molecular flexibility index (Phi) is 5.52. The molecule has 9 heteroatoms. The molecule has 0 amide bonds. The van der Waals surface area contributed by atoms with Crippen LogP contribution in [0.2, 0.25) is 5.02 Å². The Balaban J connectivity index is 1.76. The number of sulfone groups is 1. The van der Waals surface area contributed by atoms with Crippen molar-refractivity contribution in [1.29, 1.82) is 0 Å². The minimum absolute atomic E-state index is 0.0203. The summed E-state index contributed by atoms with van der Waals surface area (Å²) in [5, 5.41) is 3.21. The van der Waals surface area contributed by atoms with Gasteiger partial charge in [-0.1, -0.05) is 17.7 Å². The molecule has 0 aliphatic carbocycles. The lowest BCUT2D eigenvalue weighted by molar-refractivity contribution is 0.576. The third-order valence-electron chi connectivity index (χ3n) is 4.24. The lowest BCUT2D eigenvalue weighted by Crippen LogP contribution is -2.07. The summed E-state index contributed by atoms with van der Waals surface area (Å²) < 4.78 is 45.3. The standard InChI is InChI=1S/C21H15ClFN3O3S/c22-16-5-3-15(4-6-16)19-26-21(30(27,28)18-9-7-17(23)8-10-18)20(29-19)25-13-14-2-1-11-24-12-14/h1-12,25H,13H2. The first-order chi connectivity index (χ1) is 14.4. The van der Waals surface area contributed by atoms with E-state index in [0.717, 1.165) is 17.7 Å². The van der Waals surface area contributed by atoms with E-state index in [9.17, 15) is 12.8 Å². The molecule has 6 nitrogen and oxygen atoms in total. The topological polar surface area (TPSA) is 85.1 Å². The maximum absolute atomic E-state index is 13.3. The molecule has 152 valence electrons. The summed E-state index contributed by atoms with van der Waals surface area (Å²) >= 11 is 5.92. The highest BCUT2D eigenvalue weighted by atomic mass is 35.5. The lowest BCUT2D eigenvalue weighted by atomic mass is 10.2. The van der Waals surface area contributed by atoms with Crippen molar-refractivity contribution in [3.05, 3.63) is 89.5 Å². The summed E-state index contributed by atoms with van der Waals surface area (Å²) in [5.41, 5.74) is 1.39. The predicted molar refractivity (Wildman–Crippen MR) is 110 cm³/mol. The summed E-state index contributed by atoms with van der Waals surface area (Å²) in [6.07, 6.45) is 3.29. The Morgan fingerprint density at radius 1 is 1.03 bits per heavy atom. The third kappa shape index (κ3) is 4.19. The van der Waals surface area contributed by atoms with Crippen molar-refractivity contribution in [2.45, 2.75) is 16.5 Å². The molecule has 2 aromatic carbocycles. The molecule has 0 aliphatic rings. The van der Waals surface area contributed by atoms with E-state index in [0.29, 0.717) is 10.6 Å². The third-order valence-corrected chi connectivity index (χ3v) is 6.17. The van der Waals surface area contributed by atoms with E-state index in [1.807, 2.05) is 6.07 Å². The van der Waals surface area contributed by atoms with Crippen molar-refractivity contribution in [3.8, 4) is 11.5 Å².